The summed E-state index contributed by atoms with van der Waals surface area (Å²) in [5.41, 5.74) is 3.20. The van der Waals surface area contributed by atoms with Crippen molar-refractivity contribution in [2.75, 3.05) is 6.61 Å². The molecule has 3 aromatic carbocycles. The molecule has 1 N–H and O–H groups in total. The summed E-state index contributed by atoms with van der Waals surface area (Å²) in [4.78, 5) is 9.46. The zero-order valence-electron chi connectivity index (χ0n) is 15.8. The number of hydrogen-bond acceptors (Lipinski definition) is 6. The highest BCUT2D eigenvalue weighted by atomic mass is 32.1. The number of ether oxygens (including phenoxy) is 1. The van der Waals surface area contributed by atoms with E-state index < -0.39 is 0 Å². The van der Waals surface area contributed by atoms with Crippen LogP contribution in [0, 0.1) is 0 Å². The second kappa shape index (κ2) is 7.46. The van der Waals surface area contributed by atoms with Crippen LogP contribution in [0.25, 0.3) is 41.6 Å². The van der Waals surface area contributed by atoms with Gasteiger partial charge < -0.3 is 9.84 Å². The summed E-state index contributed by atoms with van der Waals surface area (Å²) in [6.45, 7) is 2.69. The van der Waals surface area contributed by atoms with E-state index in [9.17, 15) is 5.11 Å². The Morgan fingerprint density at radius 3 is 1.83 bits per heavy atom. The molecule has 2 aromatic heterocycles. The van der Waals surface area contributed by atoms with Crippen LogP contribution in [-0.2, 0) is 0 Å². The van der Waals surface area contributed by atoms with Gasteiger partial charge in [-0.2, -0.15) is 0 Å². The third-order valence-electron chi connectivity index (χ3n) is 4.60. The van der Waals surface area contributed by atoms with Gasteiger partial charge in [0.05, 0.1) is 38.2 Å². The summed E-state index contributed by atoms with van der Waals surface area (Å²) in [5, 5.41) is 12.7. The fourth-order valence-electron chi connectivity index (χ4n) is 3.21. The summed E-state index contributed by atoms with van der Waals surface area (Å²) >= 11 is 3.12. The number of para-hydroxylation sites is 2. The third kappa shape index (κ3) is 3.34. The predicted octanol–water partition coefficient (Wildman–Crippen LogP) is 6.73. The topological polar surface area (TPSA) is 55.2 Å². The van der Waals surface area contributed by atoms with Gasteiger partial charge in [0.2, 0.25) is 0 Å². The van der Waals surface area contributed by atoms with Crippen molar-refractivity contribution in [1.29, 1.82) is 0 Å². The largest absolute Gasteiger partial charge is 0.506 e. The number of aromatic hydroxyl groups is 1. The maximum absolute atomic E-state index is 11.2. The third-order valence-corrected chi connectivity index (χ3v) is 6.74. The molecule has 29 heavy (non-hydrogen) atoms. The van der Waals surface area contributed by atoms with Crippen molar-refractivity contribution in [3.8, 4) is 32.6 Å². The minimum Gasteiger partial charge on any atom is -0.506 e. The number of phenolic OH excluding ortho intramolecular Hbond substituents is 1. The van der Waals surface area contributed by atoms with Crippen LogP contribution >= 0.6 is 22.7 Å². The van der Waals surface area contributed by atoms with Crippen LogP contribution < -0.4 is 4.74 Å². The number of fused-ring (bicyclic) bond motifs is 2. The molecule has 5 rings (SSSR count). The Hall–Kier alpha value is -2.96. The molecule has 2 heterocycles. The lowest BCUT2D eigenvalue weighted by atomic mass is 10.1. The number of hydrogen-bond donors (Lipinski definition) is 1. The minimum absolute atomic E-state index is 0.187. The van der Waals surface area contributed by atoms with E-state index in [0.717, 1.165) is 36.9 Å². The van der Waals surface area contributed by atoms with Crippen molar-refractivity contribution in [2.45, 2.75) is 13.3 Å². The molecule has 5 aromatic rings. The summed E-state index contributed by atoms with van der Waals surface area (Å²) in [7, 11) is 0. The van der Waals surface area contributed by atoms with Crippen LogP contribution in [0.3, 0.4) is 0 Å². The van der Waals surface area contributed by atoms with Crippen molar-refractivity contribution >= 4 is 43.1 Å². The van der Waals surface area contributed by atoms with Gasteiger partial charge >= 0.3 is 0 Å². The lowest BCUT2D eigenvalue weighted by Gasteiger charge is -2.11. The molecule has 0 bridgehead atoms. The second-order valence-corrected chi connectivity index (χ2v) is 8.75. The van der Waals surface area contributed by atoms with E-state index in [0.29, 0.717) is 23.5 Å². The van der Waals surface area contributed by atoms with Crippen molar-refractivity contribution in [1.82, 2.24) is 9.97 Å². The van der Waals surface area contributed by atoms with Gasteiger partial charge in [-0.15, -0.1) is 22.7 Å². The maximum Gasteiger partial charge on any atom is 0.136 e. The molecular weight excluding hydrogens is 400 g/mol. The molecule has 0 spiro atoms. The van der Waals surface area contributed by atoms with E-state index in [-0.39, 0.29) is 5.75 Å². The quantitative estimate of drug-likeness (QED) is 0.344. The van der Waals surface area contributed by atoms with E-state index >= 15 is 0 Å². The Kier molecular flexibility index (Phi) is 4.66. The molecule has 0 saturated carbocycles. The Balaban J connectivity index is 1.70. The predicted molar refractivity (Wildman–Crippen MR) is 121 cm³/mol. The highest BCUT2D eigenvalue weighted by Crippen LogP contribution is 2.45. The number of phenols is 1. The molecule has 0 fully saturated rings. The smallest absolute Gasteiger partial charge is 0.136 e. The molecule has 0 aliphatic rings. The monoisotopic (exact) mass is 418 g/mol. The standard InChI is InChI=1S/C23H18N2O2S2/c1-2-11-27-14-12-15(22-24-17-7-3-5-9-19(17)28-22)21(26)16(13-14)23-25-18-8-4-6-10-20(18)29-23/h3-10,12-13,26H,2,11H2,1H3. The summed E-state index contributed by atoms with van der Waals surface area (Å²) in [6, 6.07) is 19.7. The molecule has 4 nitrogen and oxygen atoms in total. The van der Waals surface area contributed by atoms with Crippen molar-refractivity contribution in [2.24, 2.45) is 0 Å². The molecular formula is C23H18N2O2S2. The van der Waals surface area contributed by atoms with Gasteiger partial charge in [0.25, 0.3) is 0 Å². The number of nitrogens with zero attached hydrogens (tertiary/aromatic N) is 2. The molecule has 0 atom stereocenters. The minimum atomic E-state index is 0.187. The molecule has 0 saturated heterocycles. The van der Waals surface area contributed by atoms with Crippen LogP contribution in [0.1, 0.15) is 13.3 Å². The second-order valence-electron chi connectivity index (χ2n) is 6.69. The summed E-state index contributed by atoms with van der Waals surface area (Å²) in [5.74, 6) is 0.903. The average Bonchev–Trinajstić information content (AvgIpc) is 3.36. The first-order valence-corrected chi connectivity index (χ1v) is 11.1. The van der Waals surface area contributed by atoms with E-state index in [1.54, 1.807) is 22.7 Å². The van der Waals surface area contributed by atoms with E-state index in [1.165, 1.54) is 0 Å². The van der Waals surface area contributed by atoms with Crippen molar-refractivity contribution < 1.29 is 9.84 Å². The Bertz CT molecular complexity index is 1160. The fraction of sp³-hybridized carbons (Fsp3) is 0.130. The Morgan fingerprint density at radius 2 is 1.34 bits per heavy atom. The molecule has 0 radical (unpaired) electrons. The van der Waals surface area contributed by atoms with E-state index in [1.807, 2.05) is 60.7 Å². The first kappa shape index (κ1) is 18.1. The average molecular weight is 419 g/mol. The molecule has 0 amide bonds. The highest BCUT2D eigenvalue weighted by Gasteiger charge is 2.19. The van der Waals surface area contributed by atoms with Gasteiger partial charge in [-0.3, -0.25) is 0 Å². The number of benzene rings is 3. The van der Waals surface area contributed by atoms with E-state index in [4.69, 9.17) is 14.7 Å². The van der Waals surface area contributed by atoms with Gasteiger partial charge in [0, 0.05) is 0 Å². The Morgan fingerprint density at radius 1 is 0.828 bits per heavy atom. The SMILES string of the molecule is CCCOc1cc(-c2nc3ccccc3s2)c(O)c(-c2nc3ccccc3s2)c1. The number of rotatable bonds is 5. The highest BCUT2D eigenvalue weighted by molar-refractivity contribution is 7.22. The molecule has 0 aliphatic heterocycles. The molecule has 6 heteroatoms. The van der Waals surface area contributed by atoms with Crippen molar-refractivity contribution in [3.05, 3.63) is 60.7 Å². The lowest BCUT2D eigenvalue weighted by Crippen LogP contribution is -1.96. The Labute approximate surface area is 176 Å². The van der Waals surface area contributed by atoms with Crippen LogP contribution in [0.2, 0.25) is 0 Å². The zero-order valence-corrected chi connectivity index (χ0v) is 17.4. The molecule has 0 unspecified atom stereocenters. The van der Waals surface area contributed by atoms with Crippen LogP contribution in [0.4, 0.5) is 0 Å². The fourth-order valence-corrected chi connectivity index (χ4v) is 5.18. The van der Waals surface area contributed by atoms with E-state index in [2.05, 4.69) is 6.92 Å². The molecule has 0 aliphatic carbocycles. The first-order chi connectivity index (χ1) is 14.2. The van der Waals surface area contributed by atoms with Crippen LogP contribution in [-0.4, -0.2) is 21.7 Å². The van der Waals surface area contributed by atoms with Crippen LogP contribution in [0.5, 0.6) is 11.5 Å². The maximum atomic E-state index is 11.2. The summed E-state index contributed by atoms with van der Waals surface area (Å²) < 4.78 is 8.10. The molecule has 144 valence electrons. The van der Waals surface area contributed by atoms with Gasteiger partial charge in [-0.1, -0.05) is 31.2 Å². The first-order valence-electron chi connectivity index (χ1n) is 9.44. The number of thiazole rings is 2. The summed E-state index contributed by atoms with van der Waals surface area (Å²) in [6.07, 6.45) is 0.911. The van der Waals surface area contributed by atoms with Gasteiger partial charge in [0.15, 0.2) is 0 Å². The van der Waals surface area contributed by atoms with Gasteiger partial charge in [-0.05, 0) is 42.8 Å². The van der Waals surface area contributed by atoms with Crippen LogP contribution in [0.15, 0.2) is 60.7 Å². The number of aromatic nitrogens is 2. The zero-order chi connectivity index (χ0) is 19.8. The lowest BCUT2D eigenvalue weighted by molar-refractivity contribution is 0.317. The van der Waals surface area contributed by atoms with Gasteiger partial charge in [-0.25, -0.2) is 9.97 Å². The van der Waals surface area contributed by atoms with Crippen molar-refractivity contribution in [3.63, 3.8) is 0 Å². The normalized spacial score (nSPS) is 11.3. The van der Waals surface area contributed by atoms with Gasteiger partial charge in [0.1, 0.15) is 21.5 Å².